The third-order valence-electron chi connectivity index (χ3n) is 2.50. The van der Waals surface area contributed by atoms with Crippen molar-refractivity contribution in [1.82, 2.24) is 4.98 Å². The fourth-order valence-electron chi connectivity index (χ4n) is 1.52. The quantitative estimate of drug-likeness (QED) is 0.691. The van der Waals surface area contributed by atoms with Crippen molar-refractivity contribution >= 4 is 23.1 Å². The Kier molecular flexibility index (Phi) is 4.18. The Balaban J connectivity index is 2.22. The highest BCUT2D eigenvalue weighted by Crippen LogP contribution is 2.27. The maximum absolute atomic E-state index is 13.6. The average Bonchev–Trinajstić information content (AvgIpc) is 2.42. The molecule has 2 aromatic rings. The van der Waals surface area contributed by atoms with Crippen molar-refractivity contribution in [3.05, 3.63) is 56.7 Å². The molecule has 0 atom stereocenters. The Morgan fingerprint density at radius 3 is 2.71 bits per heavy atom. The summed E-state index contributed by atoms with van der Waals surface area (Å²) in [6, 6.07) is 3.99. The maximum Gasteiger partial charge on any atom is 0.307 e. The van der Waals surface area contributed by atoms with Gasteiger partial charge in [0.25, 0.3) is 0 Å². The van der Waals surface area contributed by atoms with Crippen LogP contribution in [0.5, 0.6) is 5.75 Å². The van der Waals surface area contributed by atoms with Gasteiger partial charge in [0, 0.05) is 6.07 Å². The molecular weight excluding hydrogens is 308 g/mol. The van der Waals surface area contributed by atoms with E-state index < -0.39 is 28.0 Å². The zero-order valence-corrected chi connectivity index (χ0v) is 11.1. The second-order valence-electron chi connectivity index (χ2n) is 3.94. The first-order chi connectivity index (χ1) is 9.88. The molecular formula is C12H8ClF2N3O3. The van der Waals surface area contributed by atoms with Crippen LogP contribution in [0.2, 0.25) is 5.02 Å². The van der Waals surface area contributed by atoms with Crippen LogP contribution in [0.4, 0.5) is 20.3 Å². The van der Waals surface area contributed by atoms with E-state index in [1.165, 1.54) is 12.1 Å². The molecule has 2 N–H and O–H groups in total. The molecule has 0 saturated heterocycles. The van der Waals surface area contributed by atoms with Crippen LogP contribution in [-0.2, 0) is 6.61 Å². The Morgan fingerprint density at radius 1 is 1.33 bits per heavy atom. The molecule has 1 aromatic heterocycles. The summed E-state index contributed by atoms with van der Waals surface area (Å²) >= 11 is 5.85. The van der Waals surface area contributed by atoms with Gasteiger partial charge in [-0.3, -0.25) is 10.1 Å². The van der Waals surface area contributed by atoms with Crippen LogP contribution < -0.4 is 10.5 Å². The van der Waals surface area contributed by atoms with E-state index in [0.717, 1.165) is 0 Å². The molecule has 1 heterocycles. The number of hydrogen-bond donors (Lipinski definition) is 1. The second-order valence-corrected chi connectivity index (χ2v) is 4.35. The van der Waals surface area contributed by atoms with Gasteiger partial charge in [0.1, 0.15) is 12.4 Å². The number of pyridine rings is 1. The van der Waals surface area contributed by atoms with Crippen molar-refractivity contribution in [2.45, 2.75) is 6.61 Å². The molecule has 21 heavy (non-hydrogen) atoms. The van der Waals surface area contributed by atoms with E-state index in [4.69, 9.17) is 22.1 Å². The normalized spacial score (nSPS) is 10.4. The molecule has 0 spiro atoms. The maximum atomic E-state index is 13.6. The number of ether oxygens (including phenoxy) is 1. The number of nitro benzene ring substituents is 1. The molecule has 9 heteroatoms. The number of hydrogen-bond acceptors (Lipinski definition) is 5. The zero-order chi connectivity index (χ0) is 15.6. The molecule has 0 aliphatic carbocycles. The van der Waals surface area contributed by atoms with Gasteiger partial charge in [0.05, 0.1) is 21.7 Å². The van der Waals surface area contributed by atoms with Crippen molar-refractivity contribution in [2.24, 2.45) is 0 Å². The number of nitrogens with zero attached hydrogens (tertiary/aromatic N) is 2. The number of benzene rings is 1. The van der Waals surface area contributed by atoms with Crippen LogP contribution in [0.25, 0.3) is 0 Å². The van der Waals surface area contributed by atoms with Gasteiger partial charge in [-0.25, -0.2) is 9.37 Å². The van der Waals surface area contributed by atoms with Gasteiger partial charge in [0.2, 0.25) is 5.82 Å². The molecule has 0 fully saturated rings. The van der Waals surface area contributed by atoms with E-state index >= 15 is 0 Å². The van der Waals surface area contributed by atoms with Gasteiger partial charge in [-0.2, -0.15) is 4.39 Å². The summed E-state index contributed by atoms with van der Waals surface area (Å²) < 4.78 is 32.0. The van der Waals surface area contributed by atoms with Crippen LogP contribution in [-0.4, -0.2) is 9.91 Å². The van der Waals surface area contributed by atoms with Gasteiger partial charge in [-0.15, -0.1) is 0 Å². The van der Waals surface area contributed by atoms with Crippen LogP contribution in [0.15, 0.2) is 24.3 Å². The average molecular weight is 316 g/mol. The summed E-state index contributed by atoms with van der Waals surface area (Å²) in [5, 5.41) is 10.7. The molecule has 0 amide bonds. The first-order valence-electron chi connectivity index (χ1n) is 5.55. The number of halogens is 3. The van der Waals surface area contributed by atoms with Crippen molar-refractivity contribution in [1.29, 1.82) is 0 Å². The van der Waals surface area contributed by atoms with Crippen LogP contribution >= 0.6 is 11.6 Å². The minimum Gasteiger partial charge on any atom is -0.484 e. The SMILES string of the molecule is Nc1ccc(Cl)c(COc2cc(F)c([N+](=O)[O-])cc2F)n1. The first kappa shape index (κ1) is 14.9. The number of aromatic nitrogens is 1. The highest BCUT2D eigenvalue weighted by atomic mass is 35.5. The molecule has 1 aromatic carbocycles. The summed E-state index contributed by atoms with van der Waals surface area (Å²) in [5.74, 6) is -2.57. The number of anilines is 1. The van der Waals surface area contributed by atoms with E-state index in [1.54, 1.807) is 0 Å². The largest absolute Gasteiger partial charge is 0.484 e. The Hall–Kier alpha value is -2.48. The topological polar surface area (TPSA) is 91.3 Å². The van der Waals surface area contributed by atoms with E-state index in [-0.39, 0.29) is 23.1 Å². The highest BCUT2D eigenvalue weighted by Gasteiger charge is 2.19. The molecule has 6 nitrogen and oxygen atoms in total. The van der Waals surface area contributed by atoms with Crippen LogP contribution in [0.3, 0.4) is 0 Å². The fourth-order valence-corrected chi connectivity index (χ4v) is 1.68. The summed E-state index contributed by atoms with van der Waals surface area (Å²) in [5.41, 5.74) is 4.73. The summed E-state index contributed by atoms with van der Waals surface area (Å²) in [6.07, 6.45) is 0. The van der Waals surface area contributed by atoms with Gasteiger partial charge in [0.15, 0.2) is 11.6 Å². The van der Waals surface area contributed by atoms with Crippen molar-refractivity contribution in [2.75, 3.05) is 5.73 Å². The molecule has 0 aliphatic rings. The minimum absolute atomic E-state index is 0.188. The molecule has 0 unspecified atom stereocenters. The number of nitrogens with two attached hydrogens (primary N) is 1. The summed E-state index contributed by atoms with van der Waals surface area (Å²) in [7, 11) is 0. The van der Waals surface area contributed by atoms with E-state index in [0.29, 0.717) is 12.1 Å². The van der Waals surface area contributed by atoms with E-state index in [9.17, 15) is 18.9 Å². The Labute approximate surface area is 122 Å². The Morgan fingerprint density at radius 2 is 2.05 bits per heavy atom. The molecule has 0 saturated carbocycles. The van der Waals surface area contributed by atoms with Crippen LogP contribution in [0, 0.1) is 21.7 Å². The van der Waals surface area contributed by atoms with Gasteiger partial charge in [-0.05, 0) is 12.1 Å². The predicted octanol–water partition coefficient (Wildman–Crippen LogP) is 3.08. The molecule has 0 bridgehead atoms. The van der Waals surface area contributed by atoms with Crippen LogP contribution in [0.1, 0.15) is 5.69 Å². The summed E-state index contributed by atoms with van der Waals surface area (Å²) in [6.45, 7) is -0.266. The lowest BCUT2D eigenvalue weighted by molar-refractivity contribution is -0.387. The monoisotopic (exact) mass is 315 g/mol. The lowest BCUT2D eigenvalue weighted by atomic mass is 10.2. The third-order valence-corrected chi connectivity index (χ3v) is 2.85. The summed E-state index contributed by atoms with van der Waals surface area (Å²) in [4.78, 5) is 13.3. The third kappa shape index (κ3) is 3.34. The van der Waals surface area contributed by atoms with Crippen molar-refractivity contribution in [3.63, 3.8) is 0 Å². The minimum atomic E-state index is -1.21. The van der Waals surface area contributed by atoms with Gasteiger partial charge >= 0.3 is 5.69 Å². The lowest BCUT2D eigenvalue weighted by Gasteiger charge is -2.08. The van der Waals surface area contributed by atoms with Gasteiger partial charge < -0.3 is 10.5 Å². The predicted molar refractivity (Wildman–Crippen MR) is 71.0 cm³/mol. The molecule has 0 radical (unpaired) electrons. The molecule has 2 rings (SSSR count). The second kappa shape index (κ2) is 5.88. The zero-order valence-electron chi connectivity index (χ0n) is 10.3. The van der Waals surface area contributed by atoms with E-state index in [2.05, 4.69) is 4.98 Å². The number of rotatable bonds is 4. The lowest BCUT2D eigenvalue weighted by Crippen LogP contribution is -2.04. The van der Waals surface area contributed by atoms with E-state index in [1.807, 2.05) is 0 Å². The first-order valence-corrected chi connectivity index (χ1v) is 5.93. The number of nitro groups is 1. The fraction of sp³-hybridized carbons (Fsp3) is 0.0833. The molecule has 110 valence electrons. The molecule has 0 aliphatic heterocycles. The highest BCUT2D eigenvalue weighted by molar-refractivity contribution is 6.31. The Bertz CT molecular complexity index is 712. The standard InChI is InChI=1S/C12H8ClF2N3O3/c13-6-1-2-12(16)17-9(6)5-21-11-4-7(14)10(18(19)20)3-8(11)15/h1-4H,5H2,(H2,16,17). The number of nitrogen functional groups attached to an aromatic ring is 1. The van der Waals surface area contributed by atoms with Crippen molar-refractivity contribution in [3.8, 4) is 5.75 Å². The van der Waals surface area contributed by atoms with Crippen molar-refractivity contribution < 1.29 is 18.4 Å². The smallest absolute Gasteiger partial charge is 0.307 e. The van der Waals surface area contributed by atoms with Gasteiger partial charge in [-0.1, -0.05) is 11.6 Å².